The van der Waals surface area contributed by atoms with Crippen molar-refractivity contribution in [2.45, 2.75) is 26.7 Å². The van der Waals surface area contributed by atoms with Crippen LogP contribution in [0.25, 0.3) is 0 Å². The SMILES string of the molecule is CC(C)(CCN)Cc1ccc(Cl)c(F)c1. The Labute approximate surface area is 95.4 Å². The Bertz CT molecular complexity index is 336. The second kappa shape index (κ2) is 4.95. The Kier molecular flexibility index (Phi) is 4.12. The summed E-state index contributed by atoms with van der Waals surface area (Å²) in [5.74, 6) is -0.349. The topological polar surface area (TPSA) is 26.0 Å². The highest BCUT2D eigenvalue weighted by Crippen LogP contribution is 2.26. The van der Waals surface area contributed by atoms with Gasteiger partial charge in [-0.15, -0.1) is 0 Å². The second-order valence-corrected chi connectivity index (χ2v) is 5.04. The molecule has 0 radical (unpaired) electrons. The molecule has 0 aromatic heterocycles. The van der Waals surface area contributed by atoms with Crippen molar-refractivity contribution in [3.05, 3.63) is 34.6 Å². The summed E-state index contributed by atoms with van der Waals surface area (Å²) in [6.07, 6.45) is 1.75. The molecule has 3 heteroatoms. The van der Waals surface area contributed by atoms with E-state index in [0.29, 0.717) is 6.54 Å². The Morgan fingerprint density at radius 3 is 2.60 bits per heavy atom. The zero-order chi connectivity index (χ0) is 11.5. The Morgan fingerprint density at radius 2 is 2.07 bits per heavy atom. The van der Waals surface area contributed by atoms with E-state index in [0.717, 1.165) is 18.4 Å². The van der Waals surface area contributed by atoms with Gasteiger partial charge in [-0.05, 0) is 42.5 Å². The van der Waals surface area contributed by atoms with E-state index in [4.69, 9.17) is 17.3 Å². The van der Waals surface area contributed by atoms with Gasteiger partial charge in [0.25, 0.3) is 0 Å². The highest BCUT2D eigenvalue weighted by atomic mass is 35.5. The van der Waals surface area contributed by atoms with Crippen LogP contribution < -0.4 is 5.73 Å². The molecule has 0 unspecified atom stereocenters. The molecule has 1 aromatic rings. The molecule has 15 heavy (non-hydrogen) atoms. The van der Waals surface area contributed by atoms with Crippen molar-refractivity contribution >= 4 is 11.6 Å². The van der Waals surface area contributed by atoms with Crippen LogP contribution in [0.5, 0.6) is 0 Å². The molecule has 0 aliphatic carbocycles. The molecule has 0 atom stereocenters. The summed E-state index contributed by atoms with van der Waals surface area (Å²) in [6, 6.07) is 4.97. The molecule has 0 fully saturated rings. The standard InChI is InChI=1S/C12H17ClFN/c1-12(2,5-6-15)8-9-3-4-10(13)11(14)7-9/h3-4,7H,5-6,8,15H2,1-2H3. The number of halogens is 2. The smallest absolute Gasteiger partial charge is 0.142 e. The first-order chi connectivity index (χ1) is 6.94. The Hall–Kier alpha value is -0.600. The van der Waals surface area contributed by atoms with Gasteiger partial charge in [-0.25, -0.2) is 4.39 Å². The molecule has 84 valence electrons. The van der Waals surface area contributed by atoms with E-state index in [2.05, 4.69) is 13.8 Å². The van der Waals surface area contributed by atoms with Crippen molar-refractivity contribution in [2.75, 3.05) is 6.54 Å². The molecule has 0 heterocycles. The molecular formula is C12H17ClFN. The van der Waals surface area contributed by atoms with Crippen LogP contribution in [0, 0.1) is 11.2 Å². The van der Waals surface area contributed by atoms with Gasteiger partial charge in [-0.1, -0.05) is 31.5 Å². The van der Waals surface area contributed by atoms with Gasteiger partial charge in [-0.2, -0.15) is 0 Å². The quantitative estimate of drug-likeness (QED) is 0.842. The van der Waals surface area contributed by atoms with Crippen LogP contribution >= 0.6 is 11.6 Å². The lowest BCUT2D eigenvalue weighted by atomic mass is 9.83. The van der Waals surface area contributed by atoms with Crippen molar-refractivity contribution in [3.8, 4) is 0 Å². The zero-order valence-corrected chi connectivity index (χ0v) is 9.94. The van der Waals surface area contributed by atoms with Gasteiger partial charge in [-0.3, -0.25) is 0 Å². The molecular weight excluding hydrogens is 213 g/mol. The minimum Gasteiger partial charge on any atom is -0.330 e. The third-order valence-corrected chi connectivity index (χ3v) is 2.79. The first-order valence-electron chi connectivity index (χ1n) is 5.08. The number of benzene rings is 1. The average molecular weight is 230 g/mol. The van der Waals surface area contributed by atoms with Crippen molar-refractivity contribution < 1.29 is 4.39 Å². The van der Waals surface area contributed by atoms with E-state index in [1.54, 1.807) is 6.07 Å². The monoisotopic (exact) mass is 229 g/mol. The van der Waals surface area contributed by atoms with Gasteiger partial charge in [0.2, 0.25) is 0 Å². The summed E-state index contributed by atoms with van der Waals surface area (Å²) in [7, 11) is 0. The molecule has 0 spiro atoms. The molecule has 0 aliphatic rings. The van der Waals surface area contributed by atoms with Crippen LogP contribution in [0.3, 0.4) is 0 Å². The summed E-state index contributed by atoms with van der Waals surface area (Å²) in [6.45, 7) is 4.92. The third kappa shape index (κ3) is 3.80. The second-order valence-electron chi connectivity index (χ2n) is 4.63. The van der Waals surface area contributed by atoms with Crippen LogP contribution in [0.4, 0.5) is 4.39 Å². The normalized spacial score (nSPS) is 11.8. The van der Waals surface area contributed by atoms with Crippen molar-refractivity contribution in [2.24, 2.45) is 11.1 Å². The molecule has 0 aliphatic heterocycles. The highest BCUT2D eigenvalue weighted by Gasteiger charge is 2.17. The van der Waals surface area contributed by atoms with Crippen LogP contribution in [0.15, 0.2) is 18.2 Å². The first-order valence-corrected chi connectivity index (χ1v) is 5.46. The van der Waals surface area contributed by atoms with E-state index in [1.807, 2.05) is 6.07 Å². The Morgan fingerprint density at radius 1 is 1.40 bits per heavy atom. The van der Waals surface area contributed by atoms with Gasteiger partial charge < -0.3 is 5.73 Å². The summed E-state index contributed by atoms with van der Waals surface area (Å²) < 4.78 is 13.2. The maximum Gasteiger partial charge on any atom is 0.142 e. The van der Waals surface area contributed by atoms with Crippen LogP contribution in [-0.4, -0.2) is 6.54 Å². The summed E-state index contributed by atoms with van der Waals surface area (Å²) in [4.78, 5) is 0. The Balaban J connectivity index is 2.76. The van der Waals surface area contributed by atoms with Gasteiger partial charge in [0.15, 0.2) is 0 Å². The molecule has 2 N–H and O–H groups in total. The zero-order valence-electron chi connectivity index (χ0n) is 9.19. The van der Waals surface area contributed by atoms with E-state index in [9.17, 15) is 4.39 Å². The van der Waals surface area contributed by atoms with Gasteiger partial charge in [0.1, 0.15) is 5.82 Å². The lowest BCUT2D eigenvalue weighted by Gasteiger charge is -2.23. The number of hydrogen-bond donors (Lipinski definition) is 1. The fourth-order valence-electron chi connectivity index (χ4n) is 1.68. The summed E-state index contributed by atoms with van der Waals surface area (Å²) in [5.41, 5.74) is 6.60. The third-order valence-electron chi connectivity index (χ3n) is 2.49. The van der Waals surface area contributed by atoms with Gasteiger partial charge in [0.05, 0.1) is 5.02 Å². The maximum atomic E-state index is 13.2. The molecule has 1 nitrogen and oxygen atoms in total. The molecule has 0 saturated heterocycles. The number of rotatable bonds is 4. The first kappa shape index (κ1) is 12.5. The van der Waals surface area contributed by atoms with Crippen molar-refractivity contribution in [3.63, 3.8) is 0 Å². The van der Waals surface area contributed by atoms with E-state index >= 15 is 0 Å². The van der Waals surface area contributed by atoms with Crippen molar-refractivity contribution in [1.82, 2.24) is 0 Å². The largest absolute Gasteiger partial charge is 0.330 e. The minimum absolute atomic E-state index is 0.106. The molecule has 1 aromatic carbocycles. The fourth-order valence-corrected chi connectivity index (χ4v) is 1.80. The maximum absolute atomic E-state index is 13.2. The van der Waals surface area contributed by atoms with E-state index in [1.165, 1.54) is 6.07 Å². The van der Waals surface area contributed by atoms with Gasteiger partial charge >= 0.3 is 0 Å². The van der Waals surface area contributed by atoms with Gasteiger partial charge in [0, 0.05) is 0 Å². The van der Waals surface area contributed by atoms with E-state index in [-0.39, 0.29) is 16.3 Å². The van der Waals surface area contributed by atoms with Crippen molar-refractivity contribution in [1.29, 1.82) is 0 Å². The van der Waals surface area contributed by atoms with Crippen LogP contribution in [0.2, 0.25) is 5.02 Å². The fraction of sp³-hybridized carbons (Fsp3) is 0.500. The highest BCUT2D eigenvalue weighted by molar-refractivity contribution is 6.30. The van der Waals surface area contributed by atoms with E-state index < -0.39 is 0 Å². The predicted octanol–water partition coefficient (Wildman–Crippen LogP) is 3.40. The number of hydrogen-bond acceptors (Lipinski definition) is 1. The minimum atomic E-state index is -0.349. The lowest BCUT2D eigenvalue weighted by molar-refractivity contribution is 0.338. The molecule has 0 saturated carbocycles. The molecule has 0 amide bonds. The summed E-state index contributed by atoms with van der Waals surface area (Å²) >= 11 is 5.62. The lowest BCUT2D eigenvalue weighted by Crippen LogP contribution is -2.19. The van der Waals surface area contributed by atoms with Crippen LogP contribution in [0.1, 0.15) is 25.8 Å². The van der Waals surface area contributed by atoms with Crippen LogP contribution in [-0.2, 0) is 6.42 Å². The molecule has 1 rings (SSSR count). The predicted molar refractivity (Wildman–Crippen MR) is 62.6 cm³/mol. The average Bonchev–Trinajstić information content (AvgIpc) is 2.10. The number of nitrogens with two attached hydrogens (primary N) is 1. The molecule has 0 bridgehead atoms. The summed E-state index contributed by atoms with van der Waals surface area (Å²) in [5, 5.41) is 0.176.